The van der Waals surface area contributed by atoms with Gasteiger partial charge in [-0.1, -0.05) is 48.6 Å². The molecular formula is C30H26N4. The van der Waals surface area contributed by atoms with Gasteiger partial charge in [0, 0.05) is 28.8 Å². The van der Waals surface area contributed by atoms with Crippen LogP contribution in [0.5, 0.6) is 0 Å². The van der Waals surface area contributed by atoms with Crippen LogP contribution in [0, 0.1) is 11.3 Å². The molecule has 0 N–H and O–H groups in total. The molecule has 4 aliphatic rings. The molecule has 3 aliphatic carbocycles. The molecule has 6 rings (SSSR count). The van der Waals surface area contributed by atoms with Gasteiger partial charge < -0.3 is 9.80 Å². The van der Waals surface area contributed by atoms with Crippen molar-refractivity contribution >= 4 is 5.69 Å². The largest absolute Gasteiger partial charge is 0.331 e. The van der Waals surface area contributed by atoms with Crippen LogP contribution >= 0.6 is 0 Å². The van der Waals surface area contributed by atoms with Gasteiger partial charge in [-0.3, -0.25) is 4.98 Å². The minimum atomic E-state index is 0.325. The van der Waals surface area contributed by atoms with E-state index >= 15 is 0 Å². The predicted molar refractivity (Wildman–Crippen MR) is 136 cm³/mol. The highest BCUT2D eigenvalue weighted by Crippen LogP contribution is 2.45. The number of anilines is 1. The van der Waals surface area contributed by atoms with E-state index in [0.717, 1.165) is 49.0 Å². The molecule has 0 amide bonds. The van der Waals surface area contributed by atoms with E-state index in [2.05, 4.69) is 87.7 Å². The predicted octanol–water partition coefficient (Wildman–Crippen LogP) is 6.75. The van der Waals surface area contributed by atoms with Gasteiger partial charge in [0.05, 0.1) is 28.7 Å². The molecule has 4 heteroatoms. The summed E-state index contributed by atoms with van der Waals surface area (Å²) in [5, 5.41) is 9.61. The second-order valence-electron chi connectivity index (χ2n) is 8.93. The second-order valence-corrected chi connectivity index (χ2v) is 8.93. The summed E-state index contributed by atoms with van der Waals surface area (Å²) in [6.45, 7) is 0. The molecule has 1 atom stereocenters. The van der Waals surface area contributed by atoms with Gasteiger partial charge in [0.25, 0.3) is 0 Å². The number of hydrogen-bond acceptors (Lipinski definition) is 4. The van der Waals surface area contributed by atoms with Crippen molar-refractivity contribution < 1.29 is 0 Å². The first-order valence-electron chi connectivity index (χ1n) is 12.0. The molecule has 0 spiro atoms. The average Bonchev–Trinajstić information content (AvgIpc) is 2.92. The van der Waals surface area contributed by atoms with Crippen molar-refractivity contribution in [3.63, 3.8) is 0 Å². The molecule has 1 aliphatic heterocycles. The fourth-order valence-electron chi connectivity index (χ4n) is 5.41. The molecule has 0 saturated heterocycles. The monoisotopic (exact) mass is 442 g/mol. The van der Waals surface area contributed by atoms with Gasteiger partial charge >= 0.3 is 0 Å². The molecule has 4 nitrogen and oxygen atoms in total. The normalized spacial score (nSPS) is 21.0. The third kappa shape index (κ3) is 3.41. The van der Waals surface area contributed by atoms with Crippen LogP contribution in [0.1, 0.15) is 37.7 Å². The Balaban J connectivity index is 1.51. The molecule has 1 unspecified atom stereocenters. The van der Waals surface area contributed by atoms with E-state index in [-0.39, 0.29) is 0 Å². The van der Waals surface area contributed by atoms with Crippen molar-refractivity contribution in [2.24, 2.45) is 0 Å². The summed E-state index contributed by atoms with van der Waals surface area (Å²) in [6, 6.07) is 14.8. The van der Waals surface area contributed by atoms with Gasteiger partial charge in [0.2, 0.25) is 0 Å². The van der Waals surface area contributed by atoms with E-state index in [1.54, 1.807) is 6.20 Å². The molecule has 0 bridgehead atoms. The molecule has 34 heavy (non-hydrogen) atoms. The average molecular weight is 443 g/mol. The first-order valence-corrected chi connectivity index (χ1v) is 12.0. The third-order valence-electron chi connectivity index (χ3n) is 6.89. The minimum Gasteiger partial charge on any atom is -0.331 e. The molecule has 166 valence electrons. The molecule has 2 heterocycles. The summed E-state index contributed by atoms with van der Waals surface area (Å²) < 4.78 is 0. The molecule has 1 aromatic carbocycles. The number of allylic oxidation sites excluding steroid dienone is 8. The summed E-state index contributed by atoms with van der Waals surface area (Å²) >= 11 is 0. The van der Waals surface area contributed by atoms with Crippen molar-refractivity contribution in [2.45, 2.75) is 38.1 Å². The Kier molecular flexibility index (Phi) is 5.24. The molecule has 0 radical (unpaired) electrons. The highest BCUT2D eigenvalue weighted by Gasteiger charge is 2.36. The third-order valence-corrected chi connectivity index (χ3v) is 6.89. The number of nitrogens with zero attached hydrogens (tertiary/aromatic N) is 4. The van der Waals surface area contributed by atoms with Crippen LogP contribution in [0.15, 0.2) is 114 Å². The maximum atomic E-state index is 9.61. The highest BCUT2D eigenvalue weighted by atomic mass is 15.3. The van der Waals surface area contributed by atoms with Crippen molar-refractivity contribution in [3.8, 4) is 17.3 Å². The first-order chi connectivity index (χ1) is 16.8. The van der Waals surface area contributed by atoms with E-state index in [0.29, 0.717) is 11.6 Å². The molecule has 0 saturated carbocycles. The molecule has 1 aromatic heterocycles. The quantitative estimate of drug-likeness (QED) is 0.527. The summed E-state index contributed by atoms with van der Waals surface area (Å²) in [5.74, 6) is 0. The van der Waals surface area contributed by atoms with Gasteiger partial charge in [-0.05, 0) is 68.5 Å². The Morgan fingerprint density at radius 3 is 2.41 bits per heavy atom. The lowest BCUT2D eigenvalue weighted by Crippen LogP contribution is -2.42. The van der Waals surface area contributed by atoms with Crippen molar-refractivity contribution in [3.05, 3.63) is 120 Å². The topological polar surface area (TPSA) is 43.2 Å². The fraction of sp³-hybridized carbons (Fsp3) is 0.200. The SMILES string of the molecule is N#Cc1cccnc1-c1cccc(N2C3=C(C=CCC3)N(C3C=CC=CC3)C3=C2CCC=C3)c1. The second kappa shape index (κ2) is 8.68. The fourth-order valence-corrected chi connectivity index (χ4v) is 5.41. The van der Waals surface area contributed by atoms with Crippen molar-refractivity contribution in [1.29, 1.82) is 5.26 Å². The van der Waals surface area contributed by atoms with Gasteiger partial charge in [-0.2, -0.15) is 5.26 Å². The van der Waals surface area contributed by atoms with Gasteiger partial charge in [0.1, 0.15) is 6.07 Å². The number of benzene rings is 1. The summed E-state index contributed by atoms with van der Waals surface area (Å²) in [5.41, 5.74) is 8.75. The van der Waals surface area contributed by atoms with Crippen molar-refractivity contribution in [1.82, 2.24) is 9.88 Å². The molecule has 2 aromatic rings. The van der Waals surface area contributed by atoms with E-state index in [9.17, 15) is 5.26 Å². The zero-order valence-corrected chi connectivity index (χ0v) is 19.1. The van der Waals surface area contributed by atoms with Gasteiger partial charge in [-0.15, -0.1) is 0 Å². The van der Waals surface area contributed by atoms with E-state index in [1.165, 1.54) is 22.8 Å². The lowest BCUT2D eigenvalue weighted by molar-refractivity contribution is 0.358. The smallest absolute Gasteiger partial charge is 0.101 e. The van der Waals surface area contributed by atoms with Crippen LogP contribution in [0.4, 0.5) is 5.69 Å². The van der Waals surface area contributed by atoms with Gasteiger partial charge in [-0.25, -0.2) is 0 Å². The first kappa shape index (κ1) is 20.5. The van der Waals surface area contributed by atoms with Crippen LogP contribution in [0.2, 0.25) is 0 Å². The maximum Gasteiger partial charge on any atom is 0.101 e. The lowest BCUT2D eigenvalue weighted by Gasteiger charge is -2.47. The zero-order valence-electron chi connectivity index (χ0n) is 19.1. The maximum absolute atomic E-state index is 9.61. The van der Waals surface area contributed by atoms with Crippen LogP contribution in [-0.2, 0) is 0 Å². The number of nitriles is 1. The summed E-state index contributed by atoms with van der Waals surface area (Å²) in [7, 11) is 0. The number of pyridine rings is 1. The van der Waals surface area contributed by atoms with E-state index in [4.69, 9.17) is 0 Å². The van der Waals surface area contributed by atoms with Crippen LogP contribution in [0.3, 0.4) is 0 Å². The highest BCUT2D eigenvalue weighted by molar-refractivity contribution is 5.74. The Labute approximate surface area is 200 Å². The lowest BCUT2D eigenvalue weighted by atomic mass is 9.92. The van der Waals surface area contributed by atoms with Gasteiger partial charge in [0.15, 0.2) is 0 Å². The number of hydrogen-bond donors (Lipinski definition) is 0. The Morgan fingerprint density at radius 2 is 1.71 bits per heavy atom. The Bertz CT molecular complexity index is 1320. The summed E-state index contributed by atoms with van der Waals surface area (Å²) in [6.07, 6.45) is 25.0. The van der Waals surface area contributed by atoms with Crippen LogP contribution in [0.25, 0.3) is 11.3 Å². The number of rotatable bonds is 3. The van der Waals surface area contributed by atoms with Crippen LogP contribution in [-0.4, -0.2) is 15.9 Å². The standard InChI is InChI=1S/C30H26N4/c31-21-23-11-9-19-32-30(23)22-10-8-14-25(20-22)34-28-17-6-4-15-26(28)33(24-12-2-1-3-13-24)27-16-5-7-18-29(27)34/h1-5,8-12,14-16,19-20,24H,6-7,13,17-18H2. The van der Waals surface area contributed by atoms with Crippen molar-refractivity contribution in [2.75, 3.05) is 4.90 Å². The Morgan fingerprint density at radius 1 is 0.912 bits per heavy atom. The summed E-state index contributed by atoms with van der Waals surface area (Å²) in [4.78, 5) is 9.56. The molecular weight excluding hydrogens is 416 g/mol. The minimum absolute atomic E-state index is 0.325. The van der Waals surface area contributed by atoms with Crippen LogP contribution < -0.4 is 4.90 Å². The number of aromatic nitrogens is 1. The van der Waals surface area contributed by atoms with E-state index in [1.807, 2.05) is 18.2 Å². The Hall–Kier alpha value is -4.10. The molecule has 0 fully saturated rings. The van der Waals surface area contributed by atoms with E-state index < -0.39 is 0 Å². The zero-order chi connectivity index (χ0) is 22.9.